The van der Waals surface area contributed by atoms with Gasteiger partial charge in [0.05, 0.1) is 33.0 Å². The maximum atomic E-state index is 6.13. The van der Waals surface area contributed by atoms with Crippen LogP contribution in [0.25, 0.3) is 0 Å². The molecule has 1 aliphatic heterocycles. The lowest BCUT2D eigenvalue weighted by Gasteiger charge is -2.35. The van der Waals surface area contributed by atoms with Gasteiger partial charge in [-0.1, -0.05) is 30.3 Å². The van der Waals surface area contributed by atoms with Gasteiger partial charge in [-0.15, -0.1) is 0 Å². The summed E-state index contributed by atoms with van der Waals surface area (Å²) in [5.74, 6) is 1.91. The molecule has 7 nitrogen and oxygen atoms in total. The lowest BCUT2D eigenvalue weighted by Crippen LogP contribution is -2.44. The van der Waals surface area contributed by atoms with Crippen molar-refractivity contribution in [3.63, 3.8) is 0 Å². The lowest BCUT2D eigenvalue weighted by atomic mass is 10.1. The van der Waals surface area contributed by atoms with E-state index in [2.05, 4.69) is 53.3 Å². The fourth-order valence-electron chi connectivity index (χ4n) is 4.12. The van der Waals surface area contributed by atoms with E-state index in [9.17, 15) is 0 Å². The number of aliphatic imine (C=N–C) groups is 1. The van der Waals surface area contributed by atoms with E-state index in [0.717, 1.165) is 43.1 Å². The van der Waals surface area contributed by atoms with E-state index in [1.165, 1.54) is 11.1 Å². The highest BCUT2D eigenvalue weighted by Crippen LogP contribution is 2.27. The molecule has 0 aromatic heterocycles. The van der Waals surface area contributed by atoms with Gasteiger partial charge in [-0.3, -0.25) is 4.90 Å². The van der Waals surface area contributed by atoms with Crippen molar-refractivity contribution >= 4 is 5.96 Å². The SMILES string of the molecule is COc1ccc(CCNC(N)=NCc2ccccc2CN2CC(C)OC(C)C2)cc1OC. The molecule has 0 saturated carbocycles. The fraction of sp³-hybridized carbons (Fsp3) is 0.480. The topological polar surface area (TPSA) is 81.3 Å². The van der Waals surface area contributed by atoms with Gasteiger partial charge in [0.25, 0.3) is 0 Å². The molecule has 2 aromatic rings. The van der Waals surface area contributed by atoms with E-state index in [-0.39, 0.29) is 12.2 Å². The molecule has 0 amide bonds. The maximum absolute atomic E-state index is 6.13. The Labute approximate surface area is 191 Å². The molecule has 0 radical (unpaired) electrons. The van der Waals surface area contributed by atoms with Crippen molar-refractivity contribution in [1.29, 1.82) is 0 Å². The molecule has 1 saturated heterocycles. The molecule has 0 bridgehead atoms. The number of nitrogens with two attached hydrogens (primary N) is 1. The average Bonchev–Trinajstić information content (AvgIpc) is 2.77. The second-order valence-electron chi connectivity index (χ2n) is 8.29. The smallest absolute Gasteiger partial charge is 0.188 e. The summed E-state index contributed by atoms with van der Waals surface area (Å²) in [7, 11) is 3.28. The molecule has 3 N–H and O–H groups in total. The first-order valence-corrected chi connectivity index (χ1v) is 11.2. The Kier molecular flexibility index (Phi) is 8.76. The number of methoxy groups -OCH3 is 2. The number of ether oxygens (including phenoxy) is 3. The first kappa shape index (κ1) is 23.9. The second kappa shape index (κ2) is 11.7. The zero-order valence-corrected chi connectivity index (χ0v) is 19.6. The Morgan fingerprint density at radius 3 is 2.44 bits per heavy atom. The molecule has 3 rings (SSSR count). The van der Waals surface area contributed by atoms with Crippen LogP contribution in [-0.4, -0.2) is 56.9 Å². The summed E-state index contributed by atoms with van der Waals surface area (Å²) in [6.07, 6.45) is 1.32. The van der Waals surface area contributed by atoms with Crippen molar-refractivity contribution in [2.24, 2.45) is 10.7 Å². The minimum Gasteiger partial charge on any atom is -0.493 e. The molecule has 2 atom stereocenters. The van der Waals surface area contributed by atoms with Gasteiger partial charge >= 0.3 is 0 Å². The Bertz CT molecular complexity index is 893. The van der Waals surface area contributed by atoms with Crippen LogP contribution in [0, 0.1) is 0 Å². The quantitative estimate of drug-likeness (QED) is 0.461. The van der Waals surface area contributed by atoms with Gasteiger partial charge in [-0.25, -0.2) is 4.99 Å². The largest absolute Gasteiger partial charge is 0.493 e. The van der Waals surface area contributed by atoms with Crippen LogP contribution in [-0.2, 0) is 24.2 Å². The first-order chi connectivity index (χ1) is 15.5. The van der Waals surface area contributed by atoms with Gasteiger partial charge in [0, 0.05) is 26.2 Å². The Hall–Kier alpha value is -2.77. The molecule has 2 aromatic carbocycles. The average molecular weight is 441 g/mol. The van der Waals surface area contributed by atoms with E-state index < -0.39 is 0 Å². The number of rotatable bonds is 9. The molecular formula is C25H36N4O3. The van der Waals surface area contributed by atoms with Crippen molar-refractivity contribution in [2.45, 2.75) is 45.6 Å². The number of nitrogens with one attached hydrogen (secondary N) is 1. The van der Waals surface area contributed by atoms with E-state index in [1.54, 1.807) is 14.2 Å². The summed E-state index contributed by atoms with van der Waals surface area (Å²) >= 11 is 0. The van der Waals surface area contributed by atoms with Crippen LogP contribution < -0.4 is 20.5 Å². The first-order valence-electron chi connectivity index (χ1n) is 11.2. The number of hydrogen-bond donors (Lipinski definition) is 2. The van der Waals surface area contributed by atoms with Crippen molar-refractivity contribution in [1.82, 2.24) is 10.2 Å². The number of hydrogen-bond acceptors (Lipinski definition) is 5. The maximum Gasteiger partial charge on any atom is 0.188 e. The minimum absolute atomic E-state index is 0.259. The molecule has 0 spiro atoms. The van der Waals surface area contributed by atoms with E-state index >= 15 is 0 Å². The fourth-order valence-corrected chi connectivity index (χ4v) is 4.12. The van der Waals surface area contributed by atoms with Gasteiger partial charge in [0.1, 0.15) is 0 Å². The second-order valence-corrected chi connectivity index (χ2v) is 8.29. The van der Waals surface area contributed by atoms with Crippen LogP contribution in [0.1, 0.15) is 30.5 Å². The van der Waals surface area contributed by atoms with Crippen molar-refractivity contribution in [2.75, 3.05) is 33.9 Å². The van der Waals surface area contributed by atoms with Gasteiger partial charge < -0.3 is 25.3 Å². The third-order valence-electron chi connectivity index (χ3n) is 5.60. The zero-order chi connectivity index (χ0) is 22.9. The van der Waals surface area contributed by atoms with Crippen molar-refractivity contribution < 1.29 is 14.2 Å². The molecule has 1 aliphatic rings. The Morgan fingerprint density at radius 1 is 1.06 bits per heavy atom. The summed E-state index contributed by atoms with van der Waals surface area (Å²) in [5, 5.41) is 3.21. The molecule has 2 unspecified atom stereocenters. The lowest BCUT2D eigenvalue weighted by molar-refractivity contribution is -0.0705. The molecule has 1 fully saturated rings. The van der Waals surface area contributed by atoms with E-state index in [1.807, 2.05) is 18.2 Å². The third kappa shape index (κ3) is 6.87. The third-order valence-corrected chi connectivity index (χ3v) is 5.60. The number of morpholine rings is 1. The summed E-state index contributed by atoms with van der Waals surface area (Å²) in [5.41, 5.74) is 9.75. The predicted octanol–water partition coefficient (Wildman–Crippen LogP) is 2.96. The normalized spacial score (nSPS) is 19.6. The molecule has 7 heteroatoms. The number of nitrogens with zero attached hydrogens (tertiary/aromatic N) is 2. The molecule has 32 heavy (non-hydrogen) atoms. The highest BCUT2D eigenvalue weighted by atomic mass is 16.5. The highest BCUT2D eigenvalue weighted by Gasteiger charge is 2.22. The van der Waals surface area contributed by atoms with Crippen LogP contribution in [0.3, 0.4) is 0 Å². The summed E-state index contributed by atoms with van der Waals surface area (Å²) < 4.78 is 16.5. The van der Waals surface area contributed by atoms with E-state index in [0.29, 0.717) is 19.0 Å². The summed E-state index contributed by atoms with van der Waals surface area (Å²) in [4.78, 5) is 7.02. The molecule has 0 aliphatic carbocycles. The molecule has 1 heterocycles. The monoisotopic (exact) mass is 440 g/mol. The van der Waals surface area contributed by atoms with Gasteiger partial charge in [0.15, 0.2) is 17.5 Å². The standard InChI is InChI=1S/C25H36N4O3/c1-18-15-29(16-19(2)32-18)17-22-8-6-5-7-21(22)14-28-25(26)27-12-11-20-9-10-23(30-3)24(13-20)31-4/h5-10,13,18-19H,11-12,14-17H2,1-4H3,(H3,26,27,28). The van der Waals surface area contributed by atoms with Gasteiger partial charge in [0.2, 0.25) is 0 Å². The highest BCUT2D eigenvalue weighted by molar-refractivity contribution is 5.77. The zero-order valence-electron chi connectivity index (χ0n) is 19.6. The number of benzene rings is 2. The van der Waals surface area contributed by atoms with Gasteiger partial charge in [-0.2, -0.15) is 0 Å². The van der Waals surface area contributed by atoms with Gasteiger partial charge in [-0.05, 0) is 49.1 Å². The Morgan fingerprint density at radius 2 is 1.75 bits per heavy atom. The van der Waals surface area contributed by atoms with Crippen LogP contribution >= 0.6 is 0 Å². The van der Waals surface area contributed by atoms with Crippen LogP contribution in [0.4, 0.5) is 0 Å². The minimum atomic E-state index is 0.259. The number of guanidine groups is 1. The summed E-state index contributed by atoms with van der Waals surface area (Å²) in [6, 6.07) is 14.4. The summed E-state index contributed by atoms with van der Waals surface area (Å²) in [6.45, 7) is 8.30. The molecular weight excluding hydrogens is 404 g/mol. The van der Waals surface area contributed by atoms with Crippen molar-refractivity contribution in [3.05, 3.63) is 59.2 Å². The van der Waals surface area contributed by atoms with Crippen LogP contribution in [0.5, 0.6) is 11.5 Å². The Balaban J connectivity index is 1.52. The van der Waals surface area contributed by atoms with Crippen molar-refractivity contribution in [3.8, 4) is 11.5 Å². The van der Waals surface area contributed by atoms with Crippen LogP contribution in [0.2, 0.25) is 0 Å². The predicted molar refractivity (Wildman–Crippen MR) is 128 cm³/mol. The van der Waals surface area contributed by atoms with Crippen LogP contribution in [0.15, 0.2) is 47.5 Å². The molecule has 174 valence electrons. The van der Waals surface area contributed by atoms with E-state index in [4.69, 9.17) is 19.9 Å².